The highest BCUT2D eigenvalue weighted by molar-refractivity contribution is 7.92. The highest BCUT2D eigenvalue weighted by Crippen LogP contribution is 2.21. The Morgan fingerprint density at radius 3 is 2.50 bits per heavy atom. The van der Waals surface area contributed by atoms with E-state index in [4.69, 9.17) is 29.6 Å². The van der Waals surface area contributed by atoms with Crippen LogP contribution in [0.3, 0.4) is 0 Å². The molecule has 2 aromatic carbocycles. The van der Waals surface area contributed by atoms with Gasteiger partial charge in [0, 0.05) is 10.6 Å². The average molecular weight is 327 g/mol. The fraction of sp³-hybridized carbons (Fsp3) is 0. The molecule has 0 aliphatic rings. The van der Waals surface area contributed by atoms with Crippen LogP contribution in [0, 0.1) is 0 Å². The zero-order chi connectivity index (χ0) is 14.8. The average Bonchev–Trinajstić information content (AvgIpc) is 2.38. The van der Waals surface area contributed by atoms with Gasteiger partial charge in [-0.2, -0.15) is 0 Å². The second kappa shape index (κ2) is 5.78. The molecule has 0 aliphatic carbocycles. The number of hydrogen-bond donors (Lipinski definition) is 2. The van der Waals surface area contributed by atoms with E-state index in [9.17, 15) is 8.42 Å². The quantitative estimate of drug-likeness (QED) is 0.847. The largest absolute Gasteiger partial charge is 0.389 e. The van der Waals surface area contributed by atoms with Gasteiger partial charge in [0.1, 0.15) is 4.99 Å². The van der Waals surface area contributed by atoms with Crippen LogP contribution in [0.2, 0.25) is 5.02 Å². The van der Waals surface area contributed by atoms with E-state index in [0.29, 0.717) is 16.3 Å². The van der Waals surface area contributed by atoms with Gasteiger partial charge in [-0.3, -0.25) is 4.72 Å². The van der Waals surface area contributed by atoms with Crippen molar-refractivity contribution in [2.24, 2.45) is 5.73 Å². The summed E-state index contributed by atoms with van der Waals surface area (Å²) in [6.07, 6.45) is 0. The Morgan fingerprint density at radius 2 is 1.85 bits per heavy atom. The Balaban J connectivity index is 2.41. The Labute approximate surface area is 127 Å². The molecule has 4 nitrogen and oxygen atoms in total. The third kappa shape index (κ3) is 3.27. The van der Waals surface area contributed by atoms with Crippen molar-refractivity contribution >= 4 is 44.5 Å². The third-order valence-corrected chi connectivity index (χ3v) is 4.36. The van der Waals surface area contributed by atoms with Crippen molar-refractivity contribution in [1.82, 2.24) is 0 Å². The van der Waals surface area contributed by atoms with Gasteiger partial charge < -0.3 is 5.73 Å². The minimum Gasteiger partial charge on any atom is -0.389 e. The maximum Gasteiger partial charge on any atom is 0.261 e. The van der Waals surface area contributed by atoms with Crippen molar-refractivity contribution in [1.29, 1.82) is 0 Å². The molecule has 0 atom stereocenters. The summed E-state index contributed by atoms with van der Waals surface area (Å²) in [5, 5.41) is 0.343. The van der Waals surface area contributed by atoms with Gasteiger partial charge in [-0.05, 0) is 30.3 Å². The van der Waals surface area contributed by atoms with E-state index in [2.05, 4.69) is 4.72 Å². The van der Waals surface area contributed by atoms with Crippen LogP contribution in [-0.2, 0) is 10.0 Å². The molecular weight excluding hydrogens is 316 g/mol. The van der Waals surface area contributed by atoms with Crippen molar-refractivity contribution in [3.05, 3.63) is 59.1 Å². The van der Waals surface area contributed by atoms with Crippen LogP contribution in [0.1, 0.15) is 5.56 Å². The molecule has 2 aromatic rings. The molecule has 0 aromatic heterocycles. The Morgan fingerprint density at radius 1 is 1.15 bits per heavy atom. The first kappa shape index (κ1) is 14.8. The molecule has 2 rings (SSSR count). The summed E-state index contributed by atoms with van der Waals surface area (Å²) in [6.45, 7) is 0. The first-order chi connectivity index (χ1) is 9.40. The number of anilines is 1. The van der Waals surface area contributed by atoms with E-state index >= 15 is 0 Å². The van der Waals surface area contributed by atoms with Crippen LogP contribution in [0.15, 0.2) is 53.4 Å². The first-order valence-corrected chi connectivity index (χ1v) is 7.84. The lowest BCUT2D eigenvalue weighted by Crippen LogP contribution is -2.18. The van der Waals surface area contributed by atoms with E-state index < -0.39 is 10.0 Å². The lowest BCUT2D eigenvalue weighted by Gasteiger charge is -2.11. The minimum absolute atomic E-state index is 0.0720. The molecule has 0 saturated heterocycles. The summed E-state index contributed by atoms with van der Waals surface area (Å²) in [7, 11) is -3.74. The first-order valence-electron chi connectivity index (χ1n) is 5.57. The number of para-hydroxylation sites is 1. The smallest absolute Gasteiger partial charge is 0.261 e. The summed E-state index contributed by atoms with van der Waals surface area (Å²) in [6, 6.07) is 12.7. The van der Waals surface area contributed by atoms with Gasteiger partial charge >= 0.3 is 0 Å². The molecule has 0 radical (unpaired) electrons. The van der Waals surface area contributed by atoms with Gasteiger partial charge in [0.2, 0.25) is 0 Å². The van der Waals surface area contributed by atoms with Crippen molar-refractivity contribution < 1.29 is 8.42 Å². The molecule has 3 N–H and O–H groups in total. The Kier molecular flexibility index (Phi) is 4.27. The maximum atomic E-state index is 12.3. The van der Waals surface area contributed by atoms with Gasteiger partial charge in [0.05, 0.1) is 10.6 Å². The van der Waals surface area contributed by atoms with E-state index in [1.165, 1.54) is 12.1 Å². The zero-order valence-electron chi connectivity index (χ0n) is 10.2. The standard InChI is InChI=1S/C13H11ClN2O2S2/c14-9-4-3-5-10(8-9)20(17,18)16-12-7-2-1-6-11(12)13(15)19/h1-8,16H,(H2,15,19). The van der Waals surface area contributed by atoms with Crippen molar-refractivity contribution in [3.8, 4) is 0 Å². The molecule has 0 aliphatic heterocycles. The van der Waals surface area contributed by atoms with E-state index in [0.717, 1.165) is 0 Å². The van der Waals surface area contributed by atoms with Crippen molar-refractivity contribution in [2.75, 3.05) is 4.72 Å². The predicted molar refractivity (Wildman–Crippen MR) is 84.6 cm³/mol. The second-order valence-corrected chi connectivity index (χ2v) is 6.53. The lowest BCUT2D eigenvalue weighted by molar-refractivity contribution is 0.601. The molecule has 7 heteroatoms. The minimum atomic E-state index is -3.74. The normalized spacial score (nSPS) is 11.1. The SMILES string of the molecule is NC(=S)c1ccccc1NS(=O)(=O)c1cccc(Cl)c1. The van der Waals surface area contributed by atoms with Crippen LogP contribution >= 0.6 is 23.8 Å². The number of hydrogen-bond acceptors (Lipinski definition) is 3. The van der Waals surface area contributed by atoms with E-state index in [-0.39, 0.29) is 9.88 Å². The molecule has 0 spiro atoms. The summed E-state index contributed by atoms with van der Waals surface area (Å²) >= 11 is 10.7. The molecule has 0 unspecified atom stereocenters. The van der Waals surface area contributed by atoms with Gasteiger partial charge in [-0.25, -0.2) is 8.42 Å². The van der Waals surface area contributed by atoms with Crippen molar-refractivity contribution in [3.63, 3.8) is 0 Å². The maximum absolute atomic E-state index is 12.3. The van der Waals surface area contributed by atoms with Gasteiger partial charge in [0.25, 0.3) is 10.0 Å². The molecule has 0 heterocycles. The number of thiocarbonyl (C=S) groups is 1. The van der Waals surface area contributed by atoms with Crippen molar-refractivity contribution in [2.45, 2.75) is 4.90 Å². The fourth-order valence-electron chi connectivity index (χ4n) is 1.62. The number of halogens is 1. The van der Waals surface area contributed by atoms with Gasteiger partial charge in [-0.1, -0.05) is 42.0 Å². The molecule has 20 heavy (non-hydrogen) atoms. The van der Waals surface area contributed by atoms with E-state index in [1.54, 1.807) is 36.4 Å². The van der Waals surface area contributed by atoms with Crippen LogP contribution in [0.4, 0.5) is 5.69 Å². The topological polar surface area (TPSA) is 72.2 Å². The van der Waals surface area contributed by atoms with Gasteiger partial charge in [-0.15, -0.1) is 0 Å². The monoisotopic (exact) mass is 326 g/mol. The van der Waals surface area contributed by atoms with E-state index in [1.807, 2.05) is 0 Å². The predicted octanol–water partition coefficient (Wildman–Crippen LogP) is 2.78. The van der Waals surface area contributed by atoms with Crippen LogP contribution in [0.5, 0.6) is 0 Å². The third-order valence-electron chi connectivity index (χ3n) is 2.54. The molecule has 0 amide bonds. The molecular formula is C13H11ClN2O2S2. The van der Waals surface area contributed by atoms with Gasteiger partial charge in [0.15, 0.2) is 0 Å². The Hall–Kier alpha value is -1.63. The molecule has 0 saturated carbocycles. The highest BCUT2D eigenvalue weighted by atomic mass is 35.5. The number of rotatable bonds is 4. The highest BCUT2D eigenvalue weighted by Gasteiger charge is 2.16. The molecule has 104 valence electrons. The molecule has 0 fully saturated rings. The lowest BCUT2D eigenvalue weighted by atomic mass is 10.2. The summed E-state index contributed by atoms with van der Waals surface area (Å²) < 4.78 is 27.0. The number of nitrogens with two attached hydrogens (primary N) is 1. The fourth-order valence-corrected chi connectivity index (χ4v) is 3.18. The number of benzene rings is 2. The van der Waals surface area contributed by atoms with Crippen LogP contribution in [-0.4, -0.2) is 13.4 Å². The summed E-state index contributed by atoms with van der Waals surface area (Å²) in [4.78, 5) is 0.192. The number of sulfonamides is 1. The Bertz CT molecular complexity index is 760. The molecule has 0 bridgehead atoms. The van der Waals surface area contributed by atoms with Crippen LogP contribution < -0.4 is 10.5 Å². The number of nitrogens with one attached hydrogen (secondary N) is 1. The zero-order valence-corrected chi connectivity index (χ0v) is 12.6. The van der Waals surface area contributed by atoms with Crippen LogP contribution in [0.25, 0.3) is 0 Å². The summed E-state index contributed by atoms with van der Waals surface area (Å²) in [5.41, 5.74) is 6.37. The summed E-state index contributed by atoms with van der Waals surface area (Å²) in [5.74, 6) is 0. The second-order valence-electron chi connectivity index (χ2n) is 3.97.